The molecule has 1 aliphatic rings. The number of nitrogens with one attached hydrogen (secondary N) is 2. The first-order valence-electron chi connectivity index (χ1n) is 10.4. The summed E-state index contributed by atoms with van der Waals surface area (Å²) in [4.78, 5) is 35.1. The summed E-state index contributed by atoms with van der Waals surface area (Å²) in [5.41, 5.74) is 1.91. The summed E-state index contributed by atoms with van der Waals surface area (Å²) in [6.07, 6.45) is 7.60. The number of anilines is 2. The SMILES string of the molecule is CSc1sc(NC(=O)Nc2ccnc(C(=O)C3CCCC3)c2)nc1CSc1ccccc1. The number of ketones is 1. The number of thiazole rings is 1. The van der Waals surface area contributed by atoms with Crippen LogP contribution in [0.15, 0.2) is 57.8 Å². The summed E-state index contributed by atoms with van der Waals surface area (Å²) < 4.78 is 1.08. The van der Waals surface area contributed by atoms with Crippen LogP contribution in [0.3, 0.4) is 0 Å². The molecular formula is C23H24N4O2S3. The Morgan fingerprint density at radius 1 is 1.12 bits per heavy atom. The number of aromatic nitrogens is 2. The van der Waals surface area contributed by atoms with Gasteiger partial charge >= 0.3 is 6.03 Å². The number of Topliss-reactive ketones (excluding diaryl/α,β-unsaturated/α-hetero) is 1. The van der Waals surface area contributed by atoms with Gasteiger partial charge < -0.3 is 5.32 Å². The summed E-state index contributed by atoms with van der Waals surface area (Å²) in [5.74, 6) is 0.854. The number of carbonyl (C=O) groups excluding carboxylic acids is 2. The maximum atomic E-state index is 12.6. The largest absolute Gasteiger partial charge is 0.325 e. The van der Waals surface area contributed by atoms with Gasteiger partial charge in [0.15, 0.2) is 10.9 Å². The molecule has 166 valence electrons. The lowest BCUT2D eigenvalue weighted by molar-refractivity contribution is 0.0917. The molecule has 0 bridgehead atoms. The summed E-state index contributed by atoms with van der Waals surface area (Å²) >= 11 is 4.80. The molecule has 2 aromatic heterocycles. The van der Waals surface area contributed by atoms with E-state index in [1.165, 1.54) is 16.2 Å². The maximum absolute atomic E-state index is 12.6. The number of pyridine rings is 1. The smallest absolute Gasteiger partial charge is 0.308 e. The number of benzene rings is 1. The minimum atomic E-state index is -0.390. The van der Waals surface area contributed by atoms with Crippen molar-refractivity contribution in [2.45, 2.75) is 40.5 Å². The molecule has 0 atom stereocenters. The van der Waals surface area contributed by atoms with Gasteiger partial charge in [-0.3, -0.25) is 15.1 Å². The van der Waals surface area contributed by atoms with Gasteiger partial charge in [0.1, 0.15) is 5.69 Å². The fraction of sp³-hybridized carbons (Fsp3) is 0.304. The molecule has 2 heterocycles. The molecule has 4 rings (SSSR count). The predicted molar refractivity (Wildman–Crippen MR) is 133 cm³/mol. The molecule has 0 saturated heterocycles. The number of amides is 2. The Balaban J connectivity index is 1.37. The minimum Gasteiger partial charge on any atom is -0.308 e. The Morgan fingerprint density at radius 2 is 1.91 bits per heavy atom. The zero-order valence-corrected chi connectivity index (χ0v) is 20.1. The number of nitrogens with zero attached hydrogens (tertiary/aromatic N) is 2. The third-order valence-corrected chi connectivity index (χ3v) is 8.37. The third kappa shape index (κ3) is 5.90. The highest BCUT2D eigenvalue weighted by atomic mass is 32.2. The Bertz CT molecular complexity index is 1080. The van der Waals surface area contributed by atoms with E-state index in [1.807, 2.05) is 24.5 Å². The van der Waals surface area contributed by atoms with E-state index in [1.54, 1.807) is 41.9 Å². The molecule has 0 unspecified atom stereocenters. The summed E-state index contributed by atoms with van der Waals surface area (Å²) in [6, 6.07) is 13.1. The Kier molecular flexibility index (Phi) is 7.83. The molecule has 1 aliphatic carbocycles. The highest BCUT2D eigenvalue weighted by Crippen LogP contribution is 2.35. The number of carbonyl (C=O) groups is 2. The van der Waals surface area contributed by atoms with Crippen LogP contribution in [0.25, 0.3) is 0 Å². The number of hydrogen-bond donors (Lipinski definition) is 2. The van der Waals surface area contributed by atoms with Crippen molar-refractivity contribution >= 4 is 57.5 Å². The van der Waals surface area contributed by atoms with Gasteiger partial charge in [-0.05, 0) is 43.4 Å². The van der Waals surface area contributed by atoms with Crippen LogP contribution in [0.2, 0.25) is 0 Å². The standard InChI is InChI=1S/C23H24N4O2S3/c1-30-21-19(14-31-17-9-3-2-4-10-17)26-23(32-21)27-22(29)25-16-11-12-24-18(13-16)20(28)15-7-5-6-8-15/h2-4,9-13,15H,5-8,14H2,1H3,(H2,24,25,26,27,29). The molecule has 1 saturated carbocycles. The molecule has 32 heavy (non-hydrogen) atoms. The Morgan fingerprint density at radius 3 is 2.66 bits per heavy atom. The van der Waals surface area contributed by atoms with Crippen molar-refractivity contribution in [1.82, 2.24) is 9.97 Å². The molecule has 0 radical (unpaired) electrons. The van der Waals surface area contributed by atoms with Gasteiger partial charge in [-0.25, -0.2) is 9.78 Å². The lowest BCUT2D eigenvalue weighted by Crippen LogP contribution is -2.20. The normalized spacial score (nSPS) is 13.8. The van der Waals surface area contributed by atoms with Gasteiger partial charge in [0.2, 0.25) is 0 Å². The fourth-order valence-electron chi connectivity index (χ4n) is 3.61. The van der Waals surface area contributed by atoms with Gasteiger partial charge in [-0.1, -0.05) is 42.4 Å². The van der Waals surface area contributed by atoms with Crippen LogP contribution in [-0.4, -0.2) is 28.0 Å². The molecule has 6 nitrogen and oxygen atoms in total. The van der Waals surface area contributed by atoms with Crippen molar-refractivity contribution < 1.29 is 9.59 Å². The van der Waals surface area contributed by atoms with E-state index in [2.05, 4.69) is 32.7 Å². The van der Waals surface area contributed by atoms with Crippen LogP contribution in [0.4, 0.5) is 15.6 Å². The van der Waals surface area contributed by atoms with Crippen molar-refractivity contribution in [2.75, 3.05) is 16.9 Å². The van der Waals surface area contributed by atoms with Crippen LogP contribution < -0.4 is 10.6 Å². The average Bonchev–Trinajstić information content (AvgIpc) is 3.48. The first-order chi connectivity index (χ1) is 15.6. The molecule has 1 fully saturated rings. The maximum Gasteiger partial charge on any atom is 0.325 e. The molecule has 2 amide bonds. The predicted octanol–water partition coefficient (Wildman–Crippen LogP) is 6.57. The Hall–Kier alpha value is -2.36. The summed E-state index contributed by atoms with van der Waals surface area (Å²) in [7, 11) is 0. The quantitative estimate of drug-likeness (QED) is 0.278. The Labute approximate surface area is 200 Å². The van der Waals surface area contributed by atoms with E-state index in [9.17, 15) is 9.59 Å². The van der Waals surface area contributed by atoms with Crippen LogP contribution in [-0.2, 0) is 5.75 Å². The zero-order chi connectivity index (χ0) is 22.3. The van der Waals surface area contributed by atoms with Gasteiger partial charge in [-0.15, -0.1) is 23.5 Å². The molecule has 9 heteroatoms. The average molecular weight is 485 g/mol. The van der Waals surface area contributed by atoms with Crippen LogP contribution in [0, 0.1) is 5.92 Å². The molecule has 3 aromatic rings. The monoisotopic (exact) mass is 484 g/mol. The molecule has 1 aromatic carbocycles. The second-order valence-electron chi connectivity index (χ2n) is 7.41. The van der Waals surface area contributed by atoms with E-state index in [-0.39, 0.29) is 17.7 Å². The van der Waals surface area contributed by atoms with Gasteiger partial charge in [0.05, 0.1) is 9.90 Å². The van der Waals surface area contributed by atoms with Crippen molar-refractivity contribution in [3.8, 4) is 0 Å². The minimum absolute atomic E-state index is 0.0547. The van der Waals surface area contributed by atoms with E-state index in [0.717, 1.165) is 41.3 Å². The zero-order valence-electron chi connectivity index (χ0n) is 17.7. The summed E-state index contributed by atoms with van der Waals surface area (Å²) in [5, 5.41) is 6.16. The topological polar surface area (TPSA) is 84.0 Å². The fourth-order valence-corrected chi connectivity index (χ4v) is 6.29. The van der Waals surface area contributed by atoms with E-state index < -0.39 is 0 Å². The van der Waals surface area contributed by atoms with E-state index >= 15 is 0 Å². The van der Waals surface area contributed by atoms with Gasteiger partial charge in [-0.2, -0.15) is 0 Å². The van der Waals surface area contributed by atoms with E-state index in [0.29, 0.717) is 16.5 Å². The number of rotatable bonds is 8. The molecule has 2 N–H and O–H groups in total. The first-order valence-corrected chi connectivity index (χ1v) is 13.4. The second-order valence-corrected chi connectivity index (χ2v) is 10.5. The molecule has 0 aliphatic heterocycles. The van der Waals surface area contributed by atoms with E-state index in [4.69, 9.17) is 0 Å². The highest BCUT2D eigenvalue weighted by Gasteiger charge is 2.25. The molecule has 0 spiro atoms. The third-order valence-electron chi connectivity index (χ3n) is 5.18. The number of hydrogen-bond acceptors (Lipinski definition) is 7. The lowest BCUT2D eigenvalue weighted by Gasteiger charge is -2.09. The van der Waals surface area contributed by atoms with Crippen LogP contribution >= 0.6 is 34.9 Å². The number of urea groups is 1. The van der Waals surface area contributed by atoms with Crippen molar-refractivity contribution in [3.63, 3.8) is 0 Å². The number of thioether (sulfide) groups is 2. The van der Waals surface area contributed by atoms with Crippen molar-refractivity contribution in [1.29, 1.82) is 0 Å². The second kappa shape index (κ2) is 11.0. The van der Waals surface area contributed by atoms with Crippen LogP contribution in [0.5, 0.6) is 0 Å². The van der Waals surface area contributed by atoms with Gasteiger partial charge in [0, 0.05) is 28.5 Å². The molecular weight excluding hydrogens is 460 g/mol. The lowest BCUT2D eigenvalue weighted by atomic mass is 9.99. The van der Waals surface area contributed by atoms with Crippen LogP contribution in [0.1, 0.15) is 41.9 Å². The van der Waals surface area contributed by atoms with Crippen molar-refractivity contribution in [3.05, 3.63) is 60.0 Å². The van der Waals surface area contributed by atoms with Crippen molar-refractivity contribution in [2.24, 2.45) is 5.92 Å². The highest BCUT2D eigenvalue weighted by molar-refractivity contribution is 8.01. The summed E-state index contributed by atoms with van der Waals surface area (Å²) in [6.45, 7) is 0. The first kappa shape index (κ1) is 22.8. The van der Waals surface area contributed by atoms with Gasteiger partial charge in [0.25, 0.3) is 0 Å².